The Morgan fingerprint density at radius 2 is 1.88 bits per heavy atom. The maximum atomic E-state index is 12.6. The number of aliphatic carboxylic acids is 1. The average molecular weight is 226 g/mol. The van der Waals surface area contributed by atoms with Crippen molar-refractivity contribution >= 4 is 5.97 Å². The first-order valence-electron chi connectivity index (χ1n) is 5.25. The molecule has 0 bridgehead atoms. The van der Waals surface area contributed by atoms with Crippen molar-refractivity contribution in [3.05, 3.63) is 35.6 Å². The van der Waals surface area contributed by atoms with Crippen LogP contribution in [0.4, 0.5) is 4.39 Å². The fourth-order valence-corrected chi connectivity index (χ4v) is 1.47. The van der Waals surface area contributed by atoms with Gasteiger partial charge in [-0.2, -0.15) is 0 Å². The molecule has 0 saturated carbocycles. The van der Waals surface area contributed by atoms with Crippen LogP contribution in [0.3, 0.4) is 0 Å². The second-order valence-electron chi connectivity index (χ2n) is 3.71. The molecular formula is C12H15FO3. The Balaban J connectivity index is 2.32. The van der Waals surface area contributed by atoms with Gasteiger partial charge in [0.25, 0.3) is 0 Å². The molecule has 1 rings (SSSR count). The third kappa shape index (κ3) is 4.40. The number of hydrogen-bond acceptors (Lipinski definition) is 2. The number of carboxylic acid groups (broad SMARTS) is 1. The summed E-state index contributed by atoms with van der Waals surface area (Å²) in [6.45, 7) is 0. The van der Waals surface area contributed by atoms with Crippen LogP contribution in [-0.4, -0.2) is 16.2 Å². The summed E-state index contributed by atoms with van der Waals surface area (Å²) < 4.78 is 12.6. The summed E-state index contributed by atoms with van der Waals surface area (Å²) in [6.07, 6.45) is 1.17. The van der Waals surface area contributed by atoms with Crippen LogP contribution in [0.2, 0.25) is 0 Å². The van der Waals surface area contributed by atoms with Crippen LogP contribution < -0.4 is 0 Å². The molecule has 0 amide bonds. The predicted octanol–water partition coefficient (Wildman–Crippen LogP) is 2.50. The molecule has 0 aromatic heterocycles. The molecule has 0 heterocycles. The topological polar surface area (TPSA) is 57.5 Å². The normalized spacial score (nSPS) is 12.4. The first-order chi connectivity index (χ1) is 7.59. The van der Waals surface area contributed by atoms with E-state index in [1.165, 1.54) is 24.3 Å². The Morgan fingerprint density at radius 3 is 2.44 bits per heavy atom. The highest BCUT2D eigenvalue weighted by Crippen LogP contribution is 2.19. The lowest BCUT2D eigenvalue weighted by atomic mass is 10.0. The molecular weight excluding hydrogens is 211 g/mol. The van der Waals surface area contributed by atoms with E-state index in [2.05, 4.69) is 0 Å². The fourth-order valence-electron chi connectivity index (χ4n) is 1.47. The van der Waals surface area contributed by atoms with Crippen LogP contribution in [0.15, 0.2) is 24.3 Å². The molecule has 1 unspecified atom stereocenters. The second-order valence-corrected chi connectivity index (χ2v) is 3.71. The van der Waals surface area contributed by atoms with Gasteiger partial charge in [-0.3, -0.25) is 4.79 Å². The van der Waals surface area contributed by atoms with E-state index in [1.807, 2.05) is 0 Å². The number of carboxylic acids is 1. The smallest absolute Gasteiger partial charge is 0.303 e. The Hall–Kier alpha value is -1.42. The summed E-state index contributed by atoms with van der Waals surface area (Å²) in [5.74, 6) is -1.15. The van der Waals surface area contributed by atoms with Gasteiger partial charge in [-0.1, -0.05) is 12.1 Å². The third-order valence-electron chi connectivity index (χ3n) is 2.37. The van der Waals surface area contributed by atoms with E-state index in [9.17, 15) is 14.3 Å². The molecule has 0 spiro atoms. The van der Waals surface area contributed by atoms with Crippen molar-refractivity contribution in [3.63, 3.8) is 0 Å². The Morgan fingerprint density at radius 1 is 1.25 bits per heavy atom. The van der Waals surface area contributed by atoms with Gasteiger partial charge in [0, 0.05) is 6.42 Å². The highest BCUT2D eigenvalue weighted by Gasteiger charge is 2.07. The van der Waals surface area contributed by atoms with Crippen LogP contribution in [0, 0.1) is 5.82 Å². The van der Waals surface area contributed by atoms with Gasteiger partial charge in [-0.05, 0) is 37.0 Å². The SMILES string of the molecule is O=C(O)CCCCC(O)c1ccc(F)cc1. The number of benzene rings is 1. The Kier molecular flexibility index (Phi) is 4.92. The largest absolute Gasteiger partial charge is 0.481 e. The van der Waals surface area contributed by atoms with Gasteiger partial charge in [0.15, 0.2) is 0 Å². The van der Waals surface area contributed by atoms with Crippen molar-refractivity contribution in [2.75, 3.05) is 0 Å². The van der Waals surface area contributed by atoms with Crippen molar-refractivity contribution in [1.29, 1.82) is 0 Å². The highest BCUT2D eigenvalue weighted by atomic mass is 19.1. The summed E-state index contributed by atoms with van der Waals surface area (Å²) in [5, 5.41) is 18.1. The first-order valence-corrected chi connectivity index (χ1v) is 5.25. The van der Waals surface area contributed by atoms with Crippen molar-refractivity contribution < 1.29 is 19.4 Å². The van der Waals surface area contributed by atoms with Crippen LogP contribution >= 0.6 is 0 Å². The van der Waals surface area contributed by atoms with Crippen molar-refractivity contribution in [1.82, 2.24) is 0 Å². The zero-order valence-corrected chi connectivity index (χ0v) is 8.90. The minimum absolute atomic E-state index is 0.121. The third-order valence-corrected chi connectivity index (χ3v) is 2.37. The molecule has 0 aliphatic carbocycles. The van der Waals surface area contributed by atoms with Crippen LogP contribution in [0.5, 0.6) is 0 Å². The van der Waals surface area contributed by atoms with Gasteiger partial charge in [-0.15, -0.1) is 0 Å². The molecule has 1 aromatic rings. The lowest BCUT2D eigenvalue weighted by Gasteiger charge is -2.10. The molecule has 0 aliphatic heterocycles. The minimum Gasteiger partial charge on any atom is -0.481 e. The van der Waals surface area contributed by atoms with E-state index < -0.39 is 12.1 Å². The molecule has 88 valence electrons. The van der Waals surface area contributed by atoms with Crippen molar-refractivity contribution in [2.24, 2.45) is 0 Å². The lowest BCUT2D eigenvalue weighted by Crippen LogP contribution is -1.99. The van der Waals surface area contributed by atoms with Gasteiger partial charge in [0.05, 0.1) is 6.10 Å². The lowest BCUT2D eigenvalue weighted by molar-refractivity contribution is -0.137. The standard InChI is InChI=1S/C12H15FO3/c13-10-7-5-9(6-8-10)11(14)3-1-2-4-12(15)16/h5-8,11,14H,1-4H2,(H,15,16). The quantitative estimate of drug-likeness (QED) is 0.733. The number of halogens is 1. The highest BCUT2D eigenvalue weighted by molar-refractivity contribution is 5.66. The summed E-state index contributed by atoms with van der Waals surface area (Å²) in [4.78, 5) is 10.2. The molecule has 0 fully saturated rings. The van der Waals surface area contributed by atoms with Crippen LogP contribution in [0.25, 0.3) is 0 Å². The van der Waals surface area contributed by atoms with E-state index in [0.717, 1.165) is 0 Å². The van der Waals surface area contributed by atoms with Crippen LogP contribution in [-0.2, 0) is 4.79 Å². The number of unbranched alkanes of at least 4 members (excludes halogenated alkanes) is 1. The van der Waals surface area contributed by atoms with E-state index in [4.69, 9.17) is 5.11 Å². The number of rotatable bonds is 6. The minimum atomic E-state index is -0.823. The van der Waals surface area contributed by atoms with Gasteiger partial charge < -0.3 is 10.2 Å². The Bertz CT molecular complexity index is 335. The maximum Gasteiger partial charge on any atom is 0.303 e. The molecule has 4 heteroatoms. The van der Waals surface area contributed by atoms with E-state index >= 15 is 0 Å². The zero-order valence-electron chi connectivity index (χ0n) is 8.90. The summed E-state index contributed by atoms with van der Waals surface area (Å²) in [7, 11) is 0. The summed E-state index contributed by atoms with van der Waals surface area (Å²) in [6, 6.07) is 5.68. The molecule has 1 aromatic carbocycles. The second kappa shape index (κ2) is 6.23. The fraction of sp³-hybridized carbons (Fsp3) is 0.417. The van der Waals surface area contributed by atoms with E-state index in [1.54, 1.807) is 0 Å². The first kappa shape index (κ1) is 12.6. The van der Waals surface area contributed by atoms with Gasteiger partial charge >= 0.3 is 5.97 Å². The molecule has 0 saturated heterocycles. The Labute approximate surface area is 93.5 Å². The van der Waals surface area contributed by atoms with Gasteiger partial charge in [0.1, 0.15) is 5.82 Å². The molecule has 3 nitrogen and oxygen atoms in total. The molecule has 1 atom stereocenters. The van der Waals surface area contributed by atoms with E-state index in [0.29, 0.717) is 24.8 Å². The summed E-state index contributed by atoms with van der Waals surface area (Å²) in [5.41, 5.74) is 0.664. The molecule has 2 N–H and O–H groups in total. The number of carbonyl (C=O) groups is 1. The molecule has 0 radical (unpaired) electrons. The van der Waals surface area contributed by atoms with Gasteiger partial charge in [-0.25, -0.2) is 4.39 Å². The van der Waals surface area contributed by atoms with E-state index in [-0.39, 0.29) is 12.2 Å². The predicted molar refractivity (Wildman–Crippen MR) is 57.5 cm³/mol. The zero-order chi connectivity index (χ0) is 12.0. The summed E-state index contributed by atoms with van der Waals surface area (Å²) >= 11 is 0. The van der Waals surface area contributed by atoms with Crippen molar-refractivity contribution in [3.8, 4) is 0 Å². The van der Waals surface area contributed by atoms with Crippen molar-refractivity contribution in [2.45, 2.75) is 31.8 Å². The number of aliphatic hydroxyl groups excluding tert-OH is 1. The molecule has 0 aliphatic rings. The maximum absolute atomic E-state index is 12.6. The molecule has 16 heavy (non-hydrogen) atoms. The monoisotopic (exact) mass is 226 g/mol. The number of hydrogen-bond donors (Lipinski definition) is 2. The van der Waals surface area contributed by atoms with Crippen LogP contribution in [0.1, 0.15) is 37.4 Å². The number of aliphatic hydroxyl groups is 1. The van der Waals surface area contributed by atoms with Gasteiger partial charge in [0.2, 0.25) is 0 Å². The average Bonchev–Trinajstić information content (AvgIpc) is 2.25.